The van der Waals surface area contributed by atoms with Crippen LogP contribution in [0.15, 0.2) is 29.1 Å². The van der Waals surface area contributed by atoms with Crippen LogP contribution < -0.4 is 5.56 Å². The number of hydrogen-bond acceptors (Lipinski definition) is 3. The van der Waals surface area contributed by atoms with E-state index in [1.165, 1.54) is 0 Å². The SMILES string of the molecule is CCC(C)N(Cn1sc2ccccc2c1=O)C(C)CC. The molecular formula is C16H24N2OS. The highest BCUT2D eigenvalue weighted by atomic mass is 32.1. The van der Waals surface area contributed by atoms with Gasteiger partial charge in [-0.2, -0.15) is 0 Å². The van der Waals surface area contributed by atoms with Crippen LogP contribution in [0.2, 0.25) is 0 Å². The van der Waals surface area contributed by atoms with Crippen LogP contribution in [0, 0.1) is 0 Å². The summed E-state index contributed by atoms with van der Waals surface area (Å²) in [5, 5.41) is 0.839. The van der Waals surface area contributed by atoms with Gasteiger partial charge in [0.05, 0.1) is 16.8 Å². The maximum absolute atomic E-state index is 12.4. The molecule has 0 spiro atoms. The fraction of sp³-hybridized carbons (Fsp3) is 0.562. The average Bonchev–Trinajstić information content (AvgIpc) is 2.80. The second-order valence-electron chi connectivity index (χ2n) is 5.44. The van der Waals surface area contributed by atoms with Gasteiger partial charge in [-0.15, -0.1) is 0 Å². The summed E-state index contributed by atoms with van der Waals surface area (Å²) < 4.78 is 2.97. The molecule has 0 aliphatic heterocycles. The molecule has 0 saturated carbocycles. The van der Waals surface area contributed by atoms with E-state index in [9.17, 15) is 4.79 Å². The van der Waals surface area contributed by atoms with Crippen molar-refractivity contribution in [2.24, 2.45) is 0 Å². The summed E-state index contributed by atoms with van der Waals surface area (Å²) >= 11 is 1.57. The Morgan fingerprint density at radius 3 is 2.30 bits per heavy atom. The molecule has 1 aromatic carbocycles. The topological polar surface area (TPSA) is 25.2 Å². The molecule has 0 saturated heterocycles. The molecule has 2 unspecified atom stereocenters. The molecule has 0 bridgehead atoms. The van der Waals surface area contributed by atoms with Gasteiger partial charge in [0.25, 0.3) is 5.56 Å². The molecule has 2 aromatic rings. The lowest BCUT2D eigenvalue weighted by Gasteiger charge is -2.33. The average molecular weight is 292 g/mol. The first-order chi connectivity index (χ1) is 9.58. The summed E-state index contributed by atoms with van der Waals surface area (Å²) in [6, 6.07) is 8.84. The van der Waals surface area contributed by atoms with E-state index in [-0.39, 0.29) is 5.56 Å². The molecule has 4 heteroatoms. The van der Waals surface area contributed by atoms with Gasteiger partial charge in [-0.3, -0.25) is 9.69 Å². The van der Waals surface area contributed by atoms with Crippen LogP contribution in [-0.2, 0) is 6.67 Å². The summed E-state index contributed by atoms with van der Waals surface area (Å²) in [7, 11) is 0. The third-order valence-corrected chi connectivity index (χ3v) is 5.21. The van der Waals surface area contributed by atoms with Crippen LogP contribution in [0.1, 0.15) is 40.5 Å². The van der Waals surface area contributed by atoms with Gasteiger partial charge in [0.1, 0.15) is 0 Å². The first-order valence-electron chi connectivity index (χ1n) is 7.43. The molecule has 3 nitrogen and oxygen atoms in total. The van der Waals surface area contributed by atoms with E-state index in [1.54, 1.807) is 11.5 Å². The fourth-order valence-corrected chi connectivity index (χ4v) is 3.44. The highest BCUT2D eigenvalue weighted by Crippen LogP contribution is 2.19. The predicted molar refractivity (Wildman–Crippen MR) is 87.4 cm³/mol. The Bertz CT molecular complexity index is 606. The Kier molecular flexibility index (Phi) is 5.00. The van der Waals surface area contributed by atoms with Crippen molar-refractivity contribution in [3.05, 3.63) is 34.6 Å². The van der Waals surface area contributed by atoms with Crippen molar-refractivity contribution in [3.63, 3.8) is 0 Å². The Morgan fingerprint density at radius 2 is 1.75 bits per heavy atom. The second-order valence-corrected chi connectivity index (χ2v) is 6.50. The molecule has 0 radical (unpaired) electrons. The molecule has 0 fully saturated rings. The zero-order valence-electron chi connectivity index (χ0n) is 12.8. The van der Waals surface area contributed by atoms with E-state index < -0.39 is 0 Å². The van der Waals surface area contributed by atoms with Gasteiger partial charge in [0.2, 0.25) is 0 Å². The predicted octanol–water partition coefficient (Wildman–Crippen LogP) is 3.92. The lowest BCUT2D eigenvalue weighted by Crippen LogP contribution is -2.42. The molecular weight excluding hydrogens is 268 g/mol. The first kappa shape index (κ1) is 15.3. The lowest BCUT2D eigenvalue weighted by molar-refractivity contribution is 0.110. The molecule has 2 rings (SSSR count). The van der Waals surface area contributed by atoms with Crippen molar-refractivity contribution in [1.82, 2.24) is 8.86 Å². The Labute approximate surface area is 125 Å². The number of fused-ring (bicyclic) bond motifs is 1. The summed E-state index contributed by atoms with van der Waals surface area (Å²) in [5.41, 5.74) is 0.141. The van der Waals surface area contributed by atoms with Crippen molar-refractivity contribution in [1.29, 1.82) is 0 Å². The maximum atomic E-state index is 12.4. The van der Waals surface area contributed by atoms with Gasteiger partial charge >= 0.3 is 0 Å². The molecule has 0 aliphatic carbocycles. The minimum Gasteiger partial charge on any atom is -0.280 e. The molecule has 20 heavy (non-hydrogen) atoms. The number of aromatic nitrogens is 1. The van der Waals surface area contributed by atoms with Crippen molar-refractivity contribution in [2.45, 2.75) is 59.3 Å². The van der Waals surface area contributed by atoms with E-state index in [2.05, 4.69) is 32.6 Å². The molecule has 0 aliphatic rings. The summed E-state index contributed by atoms with van der Waals surface area (Å²) in [6.07, 6.45) is 2.20. The van der Waals surface area contributed by atoms with Crippen LogP contribution in [0.5, 0.6) is 0 Å². The zero-order valence-corrected chi connectivity index (χ0v) is 13.6. The fourth-order valence-electron chi connectivity index (χ4n) is 2.44. The van der Waals surface area contributed by atoms with Crippen LogP contribution >= 0.6 is 11.5 Å². The van der Waals surface area contributed by atoms with Gasteiger partial charge in [-0.1, -0.05) is 37.5 Å². The van der Waals surface area contributed by atoms with Gasteiger partial charge in [0, 0.05) is 12.1 Å². The third-order valence-electron chi connectivity index (χ3n) is 4.16. The zero-order chi connectivity index (χ0) is 14.7. The molecule has 0 N–H and O–H groups in total. The van der Waals surface area contributed by atoms with Crippen LogP contribution in [0.25, 0.3) is 10.1 Å². The molecule has 2 atom stereocenters. The van der Waals surface area contributed by atoms with E-state index in [0.717, 1.165) is 22.9 Å². The lowest BCUT2D eigenvalue weighted by atomic mass is 10.1. The minimum absolute atomic E-state index is 0.141. The highest BCUT2D eigenvalue weighted by molar-refractivity contribution is 7.13. The van der Waals surface area contributed by atoms with E-state index >= 15 is 0 Å². The van der Waals surface area contributed by atoms with E-state index in [1.807, 2.05) is 28.2 Å². The second kappa shape index (κ2) is 6.55. The normalized spacial score (nSPS) is 14.8. The Hall–Kier alpha value is -1.13. The molecule has 1 aromatic heterocycles. The quantitative estimate of drug-likeness (QED) is 0.806. The van der Waals surface area contributed by atoms with Crippen molar-refractivity contribution in [3.8, 4) is 0 Å². The number of rotatable bonds is 6. The standard InChI is InChI=1S/C16H24N2OS/c1-5-12(3)17(13(4)6-2)11-18-16(19)14-9-7-8-10-15(14)20-18/h7-10,12-13H,5-6,11H2,1-4H3. The highest BCUT2D eigenvalue weighted by Gasteiger charge is 2.19. The minimum atomic E-state index is 0.141. The summed E-state index contributed by atoms with van der Waals surface area (Å²) in [5.74, 6) is 0. The van der Waals surface area contributed by atoms with E-state index in [4.69, 9.17) is 0 Å². The smallest absolute Gasteiger partial charge is 0.269 e. The first-order valence-corrected chi connectivity index (χ1v) is 8.20. The van der Waals surface area contributed by atoms with Crippen molar-refractivity contribution < 1.29 is 0 Å². The number of nitrogens with zero attached hydrogens (tertiary/aromatic N) is 2. The van der Waals surface area contributed by atoms with Gasteiger partial charge in [0.15, 0.2) is 0 Å². The number of benzene rings is 1. The van der Waals surface area contributed by atoms with Gasteiger partial charge < -0.3 is 0 Å². The Morgan fingerprint density at radius 1 is 1.15 bits per heavy atom. The molecule has 1 heterocycles. The van der Waals surface area contributed by atoms with Gasteiger partial charge in [-0.05, 0) is 38.8 Å². The Balaban J connectivity index is 2.33. The monoisotopic (exact) mass is 292 g/mol. The van der Waals surface area contributed by atoms with Crippen molar-refractivity contribution in [2.75, 3.05) is 0 Å². The summed E-state index contributed by atoms with van der Waals surface area (Å²) in [4.78, 5) is 14.9. The van der Waals surface area contributed by atoms with Crippen LogP contribution in [0.4, 0.5) is 0 Å². The largest absolute Gasteiger partial charge is 0.280 e. The summed E-state index contributed by atoms with van der Waals surface area (Å²) in [6.45, 7) is 9.58. The van der Waals surface area contributed by atoms with Gasteiger partial charge in [-0.25, -0.2) is 3.96 Å². The maximum Gasteiger partial charge on any atom is 0.269 e. The van der Waals surface area contributed by atoms with Crippen LogP contribution in [-0.4, -0.2) is 20.9 Å². The van der Waals surface area contributed by atoms with Crippen molar-refractivity contribution >= 4 is 21.6 Å². The van der Waals surface area contributed by atoms with E-state index in [0.29, 0.717) is 18.8 Å². The molecule has 110 valence electrons. The van der Waals surface area contributed by atoms with Crippen LogP contribution in [0.3, 0.4) is 0 Å². The molecule has 0 amide bonds. The number of hydrogen-bond donors (Lipinski definition) is 0. The third kappa shape index (κ3) is 2.96.